The summed E-state index contributed by atoms with van der Waals surface area (Å²) in [6, 6.07) is 7.72. The zero-order chi connectivity index (χ0) is 14.1. The van der Waals surface area contributed by atoms with Gasteiger partial charge in [-0.2, -0.15) is 0 Å². The van der Waals surface area contributed by atoms with Crippen molar-refractivity contribution >= 4 is 16.8 Å². The van der Waals surface area contributed by atoms with Crippen molar-refractivity contribution in [3.63, 3.8) is 0 Å². The predicted molar refractivity (Wildman–Crippen MR) is 78.7 cm³/mol. The third-order valence-corrected chi connectivity index (χ3v) is 4.33. The molecule has 2 N–H and O–H groups in total. The molecule has 1 heterocycles. The summed E-state index contributed by atoms with van der Waals surface area (Å²) in [5.74, 6) is -0.0200. The van der Waals surface area contributed by atoms with Crippen molar-refractivity contribution in [3.05, 3.63) is 36.0 Å². The largest absolute Gasteiger partial charge is 0.391 e. The maximum absolute atomic E-state index is 12.7. The Balaban J connectivity index is 1.88. The molecule has 2 aromatic rings. The van der Waals surface area contributed by atoms with E-state index in [0.29, 0.717) is 5.56 Å². The molecule has 20 heavy (non-hydrogen) atoms. The summed E-state index contributed by atoms with van der Waals surface area (Å²) in [5, 5.41) is 11.0. The van der Waals surface area contributed by atoms with E-state index in [9.17, 15) is 9.90 Å². The highest BCUT2D eigenvalue weighted by atomic mass is 16.3. The molecule has 0 spiro atoms. The number of aromatic nitrogens is 1. The average molecular weight is 272 g/mol. The topological polar surface area (TPSA) is 56.3 Å². The Bertz CT molecular complexity index is 620. The van der Waals surface area contributed by atoms with E-state index in [1.807, 2.05) is 24.3 Å². The maximum Gasteiger partial charge on any atom is 0.256 e. The van der Waals surface area contributed by atoms with E-state index in [1.54, 1.807) is 18.1 Å². The number of hydrogen-bond acceptors (Lipinski definition) is 2. The molecule has 1 aliphatic rings. The minimum atomic E-state index is -0.400. The number of para-hydroxylation sites is 1. The van der Waals surface area contributed by atoms with Crippen molar-refractivity contribution in [2.24, 2.45) is 0 Å². The molecule has 0 bridgehead atoms. The fourth-order valence-electron chi connectivity index (χ4n) is 3.13. The Labute approximate surface area is 118 Å². The van der Waals surface area contributed by atoms with Gasteiger partial charge in [-0.1, -0.05) is 31.0 Å². The predicted octanol–water partition coefficient (Wildman–Crippen LogP) is 2.54. The van der Waals surface area contributed by atoms with Gasteiger partial charge in [0.2, 0.25) is 0 Å². The molecule has 1 aromatic carbocycles. The second-order valence-electron chi connectivity index (χ2n) is 5.58. The summed E-state index contributed by atoms with van der Waals surface area (Å²) >= 11 is 0. The molecule has 0 radical (unpaired) electrons. The van der Waals surface area contributed by atoms with Crippen LogP contribution < -0.4 is 0 Å². The fourth-order valence-corrected chi connectivity index (χ4v) is 3.13. The molecule has 1 fully saturated rings. The number of carbonyl (C=O) groups is 1. The average Bonchev–Trinajstić information content (AvgIpc) is 2.90. The maximum atomic E-state index is 12.7. The first-order valence-corrected chi connectivity index (χ1v) is 7.20. The Morgan fingerprint density at radius 1 is 1.30 bits per heavy atom. The number of aliphatic hydroxyl groups excluding tert-OH is 1. The molecule has 3 rings (SSSR count). The van der Waals surface area contributed by atoms with Crippen LogP contribution in [0.5, 0.6) is 0 Å². The summed E-state index contributed by atoms with van der Waals surface area (Å²) in [6.45, 7) is 0. The number of amides is 1. The lowest BCUT2D eigenvalue weighted by molar-refractivity contribution is 0.0269. The highest BCUT2D eigenvalue weighted by Crippen LogP contribution is 2.25. The number of aromatic amines is 1. The van der Waals surface area contributed by atoms with Crippen LogP contribution in [0.1, 0.15) is 36.0 Å². The zero-order valence-corrected chi connectivity index (χ0v) is 11.7. The summed E-state index contributed by atoms with van der Waals surface area (Å²) in [4.78, 5) is 17.5. The van der Waals surface area contributed by atoms with Gasteiger partial charge in [0.1, 0.15) is 0 Å². The monoisotopic (exact) mass is 272 g/mol. The number of nitrogens with one attached hydrogen (secondary N) is 1. The second-order valence-corrected chi connectivity index (χ2v) is 5.58. The van der Waals surface area contributed by atoms with Gasteiger partial charge in [0.15, 0.2) is 0 Å². The quantitative estimate of drug-likeness (QED) is 0.882. The molecule has 2 atom stereocenters. The van der Waals surface area contributed by atoms with Gasteiger partial charge in [0.05, 0.1) is 17.7 Å². The SMILES string of the molecule is CN(C(=O)c1c[nH]c2ccccc12)C1CCCCC1O. The van der Waals surface area contributed by atoms with Gasteiger partial charge in [-0.15, -0.1) is 0 Å². The van der Waals surface area contributed by atoms with Gasteiger partial charge in [0.25, 0.3) is 5.91 Å². The summed E-state index contributed by atoms with van der Waals surface area (Å²) in [5.41, 5.74) is 1.65. The lowest BCUT2D eigenvalue weighted by Crippen LogP contribution is -2.46. The minimum absolute atomic E-state index is 0.0200. The van der Waals surface area contributed by atoms with E-state index in [2.05, 4.69) is 4.98 Å². The summed E-state index contributed by atoms with van der Waals surface area (Å²) in [7, 11) is 1.79. The smallest absolute Gasteiger partial charge is 0.256 e. The van der Waals surface area contributed by atoms with Crippen LogP contribution in [0.2, 0.25) is 0 Å². The van der Waals surface area contributed by atoms with Crippen molar-refractivity contribution < 1.29 is 9.90 Å². The molecular formula is C16H20N2O2. The van der Waals surface area contributed by atoms with Gasteiger partial charge in [-0.3, -0.25) is 4.79 Å². The third kappa shape index (κ3) is 2.20. The van der Waals surface area contributed by atoms with E-state index in [0.717, 1.165) is 36.6 Å². The minimum Gasteiger partial charge on any atom is -0.391 e. The first kappa shape index (κ1) is 13.2. The standard InChI is InChI=1S/C16H20N2O2/c1-18(14-8-4-5-9-15(14)19)16(20)12-10-17-13-7-3-2-6-11(12)13/h2-3,6-7,10,14-15,17,19H,4-5,8-9H2,1H3. The first-order chi connectivity index (χ1) is 9.68. The second kappa shape index (κ2) is 5.29. The van der Waals surface area contributed by atoms with Crippen LogP contribution >= 0.6 is 0 Å². The molecule has 2 unspecified atom stereocenters. The van der Waals surface area contributed by atoms with Crippen LogP contribution in [0.3, 0.4) is 0 Å². The summed E-state index contributed by atoms with van der Waals surface area (Å²) in [6.07, 6.45) is 5.16. The highest BCUT2D eigenvalue weighted by molar-refractivity contribution is 6.06. The van der Waals surface area contributed by atoms with E-state index >= 15 is 0 Å². The lowest BCUT2D eigenvalue weighted by atomic mass is 9.91. The Morgan fingerprint density at radius 3 is 2.85 bits per heavy atom. The molecule has 1 aromatic heterocycles. The van der Waals surface area contributed by atoms with Gasteiger partial charge >= 0.3 is 0 Å². The normalized spacial score (nSPS) is 22.9. The van der Waals surface area contributed by atoms with Gasteiger partial charge in [-0.05, 0) is 18.9 Å². The molecule has 0 saturated heterocycles. The molecule has 106 valence electrons. The number of aliphatic hydroxyl groups is 1. The number of likely N-dealkylation sites (N-methyl/N-ethyl adjacent to an activating group) is 1. The number of rotatable bonds is 2. The van der Waals surface area contributed by atoms with Crippen molar-refractivity contribution in [1.82, 2.24) is 9.88 Å². The molecule has 4 heteroatoms. The van der Waals surface area contributed by atoms with Gasteiger partial charge in [0, 0.05) is 24.1 Å². The molecule has 1 saturated carbocycles. The van der Waals surface area contributed by atoms with Gasteiger partial charge in [-0.25, -0.2) is 0 Å². The van der Waals surface area contributed by atoms with Crippen LogP contribution in [0.15, 0.2) is 30.5 Å². The van der Waals surface area contributed by atoms with Crippen LogP contribution in [0.25, 0.3) is 10.9 Å². The van der Waals surface area contributed by atoms with Crippen molar-refractivity contribution in [2.75, 3.05) is 7.05 Å². The van der Waals surface area contributed by atoms with Gasteiger partial charge < -0.3 is 15.0 Å². The number of hydrogen-bond donors (Lipinski definition) is 2. The highest BCUT2D eigenvalue weighted by Gasteiger charge is 2.30. The number of benzene rings is 1. The number of carbonyl (C=O) groups excluding carboxylic acids is 1. The number of fused-ring (bicyclic) bond motifs is 1. The number of nitrogens with zero attached hydrogens (tertiary/aromatic N) is 1. The first-order valence-electron chi connectivity index (χ1n) is 7.20. The van der Waals surface area contributed by atoms with Crippen LogP contribution in [-0.2, 0) is 0 Å². The van der Waals surface area contributed by atoms with Crippen molar-refractivity contribution in [3.8, 4) is 0 Å². The van der Waals surface area contributed by atoms with Crippen molar-refractivity contribution in [2.45, 2.75) is 37.8 Å². The molecule has 0 aliphatic heterocycles. The molecule has 4 nitrogen and oxygen atoms in total. The molecule has 1 aliphatic carbocycles. The molecular weight excluding hydrogens is 252 g/mol. The van der Waals surface area contributed by atoms with E-state index in [-0.39, 0.29) is 11.9 Å². The lowest BCUT2D eigenvalue weighted by Gasteiger charge is -2.35. The Hall–Kier alpha value is -1.81. The van der Waals surface area contributed by atoms with Crippen LogP contribution in [-0.4, -0.2) is 40.1 Å². The van der Waals surface area contributed by atoms with Crippen LogP contribution in [0.4, 0.5) is 0 Å². The Kier molecular flexibility index (Phi) is 3.49. The Morgan fingerprint density at radius 2 is 2.05 bits per heavy atom. The zero-order valence-electron chi connectivity index (χ0n) is 11.7. The van der Waals surface area contributed by atoms with E-state index in [4.69, 9.17) is 0 Å². The van der Waals surface area contributed by atoms with Crippen LogP contribution in [0, 0.1) is 0 Å². The van der Waals surface area contributed by atoms with Crippen molar-refractivity contribution in [1.29, 1.82) is 0 Å². The van der Waals surface area contributed by atoms with E-state index in [1.165, 1.54) is 0 Å². The third-order valence-electron chi connectivity index (χ3n) is 4.33. The summed E-state index contributed by atoms with van der Waals surface area (Å²) < 4.78 is 0. The number of H-pyrrole nitrogens is 1. The molecule has 1 amide bonds. The fraction of sp³-hybridized carbons (Fsp3) is 0.438. The van der Waals surface area contributed by atoms with E-state index < -0.39 is 6.10 Å².